The van der Waals surface area contributed by atoms with Crippen molar-refractivity contribution in [3.05, 3.63) is 89.0 Å². The fourth-order valence-corrected chi connectivity index (χ4v) is 3.80. The molecule has 3 aromatic carbocycles. The molecular formula is C31H29F7N2O6. The number of rotatable bonds is 15. The van der Waals surface area contributed by atoms with E-state index in [0.717, 1.165) is 18.2 Å². The molecule has 0 aliphatic heterocycles. The smallest absolute Gasteiger partial charge is 0.429 e. The second-order valence-corrected chi connectivity index (χ2v) is 9.73. The van der Waals surface area contributed by atoms with Crippen LogP contribution in [-0.4, -0.2) is 37.9 Å². The molecule has 0 aliphatic rings. The highest BCUT2D eigenvalue weighted by Crippen LogP contribution is 2.36. The van der Waals surface area contributed by atoms with Crippen LogP contribution in [0.3, 0.4) is 0 Å². The molecule has 0 spiro atoms. The summed E-state index contributed by atoms with van der Waals surface area (Å²) in [4.78, 5) is 24.0. The van der Waals surface area contributed by atoms with Crippen LogP contribution in [0.2, 0.25) is 0 Å². The van der Waals surface area contributed by atoms with Gasteiger partial charge in [-0.15, -0.1) is 0 Å². The van der Waals surface area contributed by atoms with Gasteiger partial charge in [0, 0.05) is 23.9 Å². The molecule has 0 aliphatic carbocycles. The van der Waals surface area contributed by atoms with E-state index < -0.39 is 72.4 Å². The number of unbranched alkanes of at least 4 members (excludes halogenated alkanes) is 1. The largest absolute Gasteiger partial charge is 0.490 e. The summed E-state index contributed by atoms with van der Waals surface area (Å²) < 4.78 is 114. The SMILES string of the molecule is Nc1cc(N)cc(C(=O)OCCCCOC(=O)/C=C/c2ccc(OC(F)(F)c3ccc(OCCCC(F)(F)F)c(F)c3F)cc2)c1. The summed E-state index contributed by atoms with van der Waals surface area (Å²) in [5.41, 5.74) is 11.1. The Morgan fingerprint density at radius 1 is 0.761 bits per heavy atom. The lowest BCUT2D eigenvalue weighted by Crippen LogP contribution is -2.24. The van der Waals surface area contributed by atoms with Crippen LogP contribution in [0.25, 0.3) is 6.08 Å². The van der Waals surface area contributed by atoms with Crippen molar-refractivity contribution in [1.82, 2.24) is 0 Å². The second-order valence-electron chi connectivity index (χ2n) is 9.73. The monoisotopic (exact) mass is 658 g/mol. The van der Waals surface area contributed by atoms with Crippen molar-refractivity contribution in [2.24, 2.45) is 0 Å². The number of anilines is 2. The fourth-order valence-electron chi connectivity index (χ4n) is 3.80. The molecule has 248 valence electrons. The van der Waals surface area contributed by atoms with Gasteiger partial charge in [0.1, 0.15) is 11.3 Å². The molecule has 3 rings (SSSR count). The summed E-state index contributed by atoms with van der Waals surface area (Å²) in [5.74, 6) is -6.32. The molecule has 0 amide bonds. The third kappa shape index (κ3) is 11.2. The number of ether oxygens (including phenoxy) is 4. The molecule has 0 unspecified atom stereocenters. The maximum Gasteiger partial charge on any atom is 0.429 e. The third-order valence-corrected chi connectivity index (χ3v) is 5.99. The van der Waals surface area contributed by atoms with Crippen LogP contribution < -0.4 is 20.9 Å². The number of carbonyl (C=O) groups excluding carboxylic acids is 2. The van der Waals surface area contributed by atoms with Crippen LogP contribution in [0, 0.1) is 11.6 Å². The Balaban J connectivity index is 1.42. The standard InChI is InChI=1S/C31H29F7N2O6/c32-27-24(9-10-25(28(27)33)43-15-3-12-30(34,35)36)31(37,38)46-23-7-4-19(5-8-23)6-11-26(41)44-13-1-2-14-45-29(42)20-16-21(39)18-22(40)17-20/h4-11,16-18H,1-3,12-15,39-40H2/b11-6+. The number of hydrogen-bond donors (Lipinski definition) is 2. The molecule has 0 heterocycles. The molecule has 0 radical (unpaired) electrons. The Bertz CT molecular complexity index is 1510. The molecule has 4 N–H and O–H groups in total. The van der Waals surface area contributed by atoms with Crippen molar-refractivity contribution in [1.29, 1.82) is 0 Å². The van der Waals surface area contributed by atoms with Gasteiger partial charge in [-0.25, -0.2) is 14.0 Å². The highest BCUT2D eigenvalue weighted by atomic mass is 19.4. The van der Waals surface area contributed by atoms with E-state index in [0.29, 0.717) is 41.9 Å². The molecule has 0 atom stereocenters. The van der Waals surface area contributed by atoms with E-state index in [2.05, 4.69) is 4.74 Å². The van der Waals surface area contributed by atoms with E-state index in [-0.39, 0.29) is 18.8 Å². The number of hydrogen-bond acceptors (Lipinski definition) is 8. The number of benzene rings is 3. The molecular weight excluding hydrogens is 629 g/mol. The average Bonchev–Trinajstić information content (AvgIpc) is 2.97. The lowest BCUT2D eigenvalue weighted by Gasteiger charge is -2.20. The predicted molar refractivity (Wildman–Crippen MR) is 153 cm³/mol. The van der Waals surface area contributed by atoms with E-state index in [4.69, 9.17) is 25.7 Å². The molecule has 15 heteroatoms. The highest BCUT2D eigenvalue weighted by Gasteiger charge is 2.39. The van der Waals surface area contributed by atoms with Crippen molar-refractivity contribution in [2.45, 2.75) is 38.0 Å². The van der Waals surface area contributed by atoms with Gasteiger partial charge < -0.3 is 30.4 Å². The van der Waals surface area contributed by atoms with Crippen LogP contribution >= 0.6 is 0 Å². The van der Waals surface area contributed by atoms with Crippen molar-refractivity contribution in [2.75, 3.05) is 31.3 Å². The minimum Gasteiger partial charge on any atom is -0.490 e. The number of esters is 2. The van der Waals surface area contributed by atoms with Crippen molar-refractivity contribution >= 4 is 29.4 Å². The molecule has 0 saturated heterocycles. The van der Waals surface area contributed by atoms with Crippen molar-refractivity contribution < 1.29 is 59.3 Å². The van der Waals surface area contributed by atoms with E-state index in [1.54, 1.807) is 0 Å². The summed E-state index contributed by atoms with van der Waals surface area (Å²) in [6.45, 7) is -0.497. The number of nitrogen functional groups attached to an aromatic ring is 2. The van der Waals surface area contributed by atoms with Gasteiger partial charge in [0.05, 0.1) is 25.4 Å². The van der Waals surface area contributed by atoms with E-state index in [1.165, 1.54) is 36.4 Å². The Kier molecular flexibility index (Phi) is 12.3. The zero-order chi connectivity index (χ0) is 33.9. The normalized spacial score (nSPS) is 11.8. The molecule has 46 heavy (non-hydrogen) atoms. The summed E-state index contributed by atoms with van der Waals surface area (Å²) in [7, 11) is 0. The summed E-state index contributed by atoms with van der Waals surface area (Å²) in [6, 6.07) is 10.4. The van der Waals surface area contributed by atoms with Gasteiger partial charge in [0.25, 0.3) is 0 Å². The topological polar surface area (TPSA) is 123 Å². The zero-order valence-electron chi connectivity index (χ0n) is 24.1. The van der Waals surface area contributed by atoms with E-state index in [9.17, 15) is 40.3 Å². The first kappa shape index (κ1) is 35.5. The van der Waals surface area contributed by atoms with Gasteiger partial charge in [0.2, 0.25) is 5.82 Å². The zero-order valence-corrected chi connectivity index (χ0v) is 24.1. The first-order valence-electron chi connectivity index (χ1n) is 13.7. The van der Waals surface area contributed by atoms with Crippen LogP contribution in [0.15, 0.2) is 60.7 Å². The number of nitrogens with two attached hydrogens (primary N) is 2. The Hall–Kier alpha value is -4.95. The molecule has 0 bridgehead atoms. The van der Waals surface area contributed by atoms with Gasteiger partial charge >= 0.3 is 24.2 Å². The fraction of sp³-hybridized carbons (Fsp3) is 0.290. The van der Waals surface area contributed by atoms with Crippen molar-refractivity contribution in [3.8, 4) is 11.5 Å². The first-order valence-corrected chi connectivity index (χ1v) is 13.7. The first-order chi connectivity index (χ1) is 21.6. The Labute approximate surface area is 258 Å². The van der Waals surface area contributed by atoms with Gasteiger partial charge in [-0.3, -0.25) is 0 Å². The molecule has 8 nitrogen and oxygen atoms in total. The quantitative estimate of drug-likeness (QED) is 0.0580. The van der Waals surface area contributed by atoms with E-state index in [1.807, 2.05) is 0 Å². The molecule has 3 aromatic rings. The lowest BCUT2D eigenvalue weighted by molar-refractivity contribution is -0.187. The Morgan fingerprint density at radius 2 is 1.39 bits per heavy atom. The van der Waals surface area contributed by atoms with Crippen molar-refractivity contribution in [3.63, 3.8) is 0 Å². The number of carbonyl (C=O) groups is 2. The lowest BCUT2D eigenvalue weighted by atomic mass is 10.1. The highest BCUT2D eigenvalue weighted by molar-refractivity contribution is 5.91. The molecule has 0 fully saturated rings. The van der Waals surface area contributed by atoms with E-state index >= 15 is 0 Å². The summed E-state index contributed by atoms with van der Waals surface area (Å²) in [5, 5.41) is 0. The summed E-state index contributed by atoms with van der Waals surface area (Å²) in [6.07, 6.45) is -7.31. The molecule has 0 aromatic heterocycles. The number of halogens is 7. The molecule has 0 saturated carbocycles. The minimum absolute atomic E-state index is 0.0378. The number of alkyl halides is 5. The van der Waals surface area contributed by atoms with Gasteiger partial charge in [0.15, 0.2) is 11.6 Å². The van der Waals surface area contributed by atoms with Crippen LogP contribution in [0.1, 0.15) is 47.2 Å². The van der Waals surface area contributed by atoms with Gasteiger partial charge in [-0.05, 0) is 73.4 Å². The Morgan fingerprint density at radius 3 is 2.02 bits per heavy atom. The predicted octanol–water partition coefficient (Wildman–Crippen LogP) is 7.17. The van der Waals surface area contributed by atoms with Crippen LogP contribution in [0.5, 0.6) is 11.5 Å². The maximum atomic E-state index is 14.6. The second kappa shape index (κ2) is 15.9. The minimum atomic E-state index is -4.46. The van der Waals surface area contributed by atoms with Crippen LogP contribution in [-0.2, 0) is 20.4 Å². The van der Waals surface area contributed by atoms with Gasteiger partial charge in [-0.1, -0.05) is 12.1 Å². The summed E-state index contributed by atoms with van der Waals surface area (Å²) >= 11 is 0. The van der Waals surface area contributed by atoms with Crippen LogP contribution in [0.4, 0.5) is 42.1 Å². The average molecular weight is 659 g/mol. The maximum absolute atomic E-state index is 14.6. The van der Waals surface area contributed by atoms with Gasteiger partial charge in [-0.2, -0.15) is 26.3 Å². The third-order valence-electron chi connectivity index (χ3n) is 5.99.